The van der Waals surface area contributed by atoms with Gasteiger partial charge in [-0.15, -0.1) is 0 Å². The van der Waals surface area contributed by atoms with Crippen molar-refractivity contribution >= 4 is 16.8 Å². The van der Waals surface area contributed by atoms with Crippen LogP contribution in [-0.2, 0) is 28.8 Å². The molecule has 0 spiro atoms. The third-order valence-corrected chi connectivity index (χ3v) is 5.64. The fraction of sp³-hybridized carbons (Fsp3) is 0.524. The number of nitrogens with zero attached hydrogens (tertiary/aromatic N) is 2. The van der Waals surface area contributed by atoms with Crippen LogP contribution in [0.2, 0.25) is 0 Å². The van der Waals surface area contributed by atoms with Crippen LogP contribution in [0.25, 0.3) is 10.9 Å². The van der Waals surface area contributed by atoms with Gasteiger partial charge in [0.05, 0.1) is 12.1 Å². The van der Waals surface area contributed by atoms with Gasteiger partial charge in [-0.3, -0.25) is 9.78 Å². The van der Waals surface area contributed by atoms with Gasteiger partial charge in [-0.25, -0.2) is 0 Å². The summed E-state index contributed by atoms with van der Waals surface area (Å²) in [5.74, 6) is 0.612. The number of carbonyl (C=O) groups excluding carboxylic acids is 1. The van der Waals surface area contributed by atoms with Gasteiger partial charge in [0.25, 0.3) is 0 Å². The van der Waals surface area contributed by atoms with Crippen molar-refractivity contribution in [3.8, 4) is 0 Å². The highest BCUT2D eigenvalue weighted by molar-refractivity contribution is 5.84. The Labute approximate surface area is 149 Å². The Hall–Kier alpha value is -1.94. The van der Waals surface area contributed by atoms with Crippen LogP contribution in [0.5, 0.6) is 0 Å². The van der Waals surface area contributed by atoms with Crippen LogP contribution >= 0.6 is 0 Å². The average Bonchev–Trinajstić information content (AvgIpc) is 3.17. The SMILES string of the molecule is COCCN1C[C@H](Cc2cc(C)c3cc4c(cc3n2)CCC4)CC1=O. The maximum Gasteiger partial charge on any atom is 0.223 e. The van der Waals surface area contributed by atoms with E-state index in [-0.39, 0.29) is 5.91 Å². The van der Waals surface area contributed by atoms with E-state index < -0.39 is 0 Å². The van der Waals surface area contributed by atoms with E-state index in [0.29, 0.717) is 25.5 Å². The van der Waals surface area contributed by atoms with Crippen LogP contribution in [0.1, 0.15) is 35.2 Å². The summed E-state index contributed by atoms with van der Waals surface area (Å²) in [6.45, 7) is 4.31. The number of aryl methyl sites for hydroxylation is 3. The lowest BCUT2D eigenvalue weighted by molar-refractivity contribution is -0.128. The maximum absolute atomic E-state index is 12.1. The second kappa shape index (κ2) is 6.75. The molecule has 0 saturated carbocycles. The van der Waals surface area contributed by atoms with Gasteiger partial charge in [0, 0.05) is 37.7 Å². The molecule has 1 fully saturated rings. The van der Waals surface area contributed by atoms with Crippen molar-refractivity contribution in [1.29, 1.82) is 0 Å². The number of amides is 1. The highest BCUT2D eigenvalue weighted by Gasteiger charge is 2.29. The number of methoxy groups -OCH3 is 1. The van der Waals surface area contributed by atoms with Crippen LogP contribution in [0.3, 0.4) is 0 Å². The van der Waals surface area contributed by atoms with E-state index in [1.807, 2.05) is 4.90 Å². The number of hydrogen-bond acceptors (Lipinski definition) is 3. The molecule has 2 heterocycles. The molecular formula is C21H26N2O2. The van der Waals surface area contributed by atoms with Gasteiger partial charge >= 0.3 is 0 Å². The molecule has 0 bridgehead atoms. The second-order valence-electron chi connectivity index (χ2n) is 7.53. The molecule has 1 amide bonds. The van der Waals surface area contributed by atoms with Crippen LogP contribution in [-0.4, -0.2) is 42.6 Å². The first-order valence-corrected chi connectivity index (χ1v) is 9.33. The first kappa shape index (κ1) is 16.5. The number of likely N-dealkylation sites (tertiary alicyclic amines) is 1. The van der Waals surface area contributed by atoms with Crippen molar-refractivity contribution in [2.24, 2.45) is 5.92 Å². The minimum atomic E-state index is 0.248. The zero-order valence-corrected chi connectivity index (χ0v) is 15.2. The number of fused-ring (bicyclic) bond motifs is 2. The maximum atomic E-state index is 12.1. The number of hydrogen-bond donors (Lipinski definition) is 0. The molecule has 0 radical (unpaired) electrons. The Morgan fingerprint density at radius 2 is 2.04 bits per heavy atom. The second-order valence-corrected chi connectivity index (χ2v) is 7.53. The molecule has 1 aromatic carbocycles. The highest BCUT2D eigenvalue weighted by Crippen LogP contribution is 2.29. The van der Waals surface area contributed by atoms with E-state index in [1.54, 1.807) is 7.11 Å². The van der Waals surface area contributed by atoms with Gasteiger partial charge in [0.1, 0.15) is 0 Å². The number of carbonyl (C=O) groups is 1. The third kappa shape index (κ3) is 3.28. The molecule has 1 aromatic heterocycles. The lowest BCUT2D eigenvalue weighted by Crippen LogP contribution is -2.29. The van der Waals surface area contributed by atoms with E-state index in [4.69, 9.17) is 9.72 Å². The first-order chi connectivity index (χ1) is 12.1. The normalized spacial score (nSPS) is 19.8. The van der Waals surface area contributed by atoms with Crippen molar-refractivity contribution in [3.63, 3.8) is 0 Å². The summed E-state index contributed by atoms with van der Waals surface area (Å²) in [7, 11) is 1.68. The molecule has 132 valence electrons. The van der Waals surface area contributed by atoms with Gasteiger partial charge < -0.3 is 9.64 Å². The minimum Gasteiger partial charge on any atom is -0.383 e. The number of ether oxygens (including phenoxy) is 1. The Bertz CT molecular complexity index is 815. The Kier molecular flexibility index (Phi) is 4.46. The fourth-order valence-electron chi connectivity index (χ4n) is 4.34. The lowest BCUT2D eigenvalue weighted by atomic mass is 9.98. The largest absolute Gasteiger partial charge is 0.383 e. The summed E-state index contributed by atoms with van der Waals surface area (Å²) >= 11 is 0. The van der Waals surface area contributed by atoms with E-state index in [9.17, 15) is 4.79 Å². The van der Waals surface area contributed by atoms with Crippen molar-refractivity contribution in [3.05, 3.63) is 40.6 Å². The highest BCUT2D eigenvalue weighted by atomic mass is 16.5. The predicted molar refractivity (Wildman–Crippen MR) is 98.8 cm³/mol. The molecule has 25 heavy (non-hydrogen) atoms. The number of aromatic nitrogens is 1. The molecule has 4 rings (SSSR count). The zero-order chi connectivity index (χ0) is 17.4. The first-order valence-electron chi connectivity index (χ1n) is 9.33. The van der Waals surface area contributed by atoms with E-state index >= 15 is 0 Å². The van der Waals surface area contributed by atoms with Gasteiger partial charge in [-0.05, 0) is 73.4 Å². The zero-order valence-electron chi connectivity index (χ0n) is 15.2. The summed E-state index contributed by atoms with van der Waals surface area (Å²) < 4.78 is 5.10. The van der Waals surface area contributed by atoms with Crippen molar-refractivity contribution < 1.29 is 9.53 Å². The number of benzene rings is 1. The Balaban J connectivity index is 1.54. The Morgan fingerprint density at radius 3 is 2.84 bits per heavy atom. The molecule has 4 heteroatoms. The number of rotatable bonds is 5. The Morgan fingerprint density at radius 1 is 1.24 bits per heavy atom. The standard InChI is InChI=1S/C21H26N2O2/c1-14-8-18(9-15-10-21(24)23(13-15)6-7-25-2)22-20-12-17-5-3-4-16(17)11-19(14)20/h8,11-12,15H,3-7,9-10,13H2,1-2H3/t15-/m1/s1. The number of pyridine rings is 1. The van der Waals surface area contributed by atoms with Crippen LogP contribution in [0.4, 0.5) is 0 Å². The van der Waals surface area contributed by atoms with Crippen LogP contribution < -0.4 is 0 Å². The summed E-state index contributed by atoms with van der Waals surface area (Å²) in [5, 5.41) is 1.29. The summed E-state index contributed by atoms with van der Waals surface area (Å²) in [6.07, 6.45) is 5.16. The monoisotopic (exact) mass is 338 g/mol. The van der Waals surface area contributed by atoms with Crippen molar-refractivity contribution in [2.75, 3.05) is 26.8 Å². The lowest BCUT2D eigenvalue weighted by Gasteiger charge is -2.16. The molecule has 1 saturated heterocycles. The topological polar surface area (TPSA) is 42.4 Å². The summed E-state index contributed by atoms with van der Waals surface area (Å²) in [6, 6.07) is 6.85. The minimum absolute atomic E-state index is 0.248. The molecule has 1 atom stereocenters. The average molecular weight is 338 g/mol. The van der Waals surface area contributed by atoms with Crippen molar-refractivity contribution in [2.45, 2.75) is 39.0 Å². The van der Waals surface area contributed by atoms with Crippen molar-refractivity contribution in [1.82, 2.24) is 9.88 Å². The van der Waals surface area contributed by atoms with Crippen LogP contribution in [0.15, 0.2) is 18.2 Å². The van der Waals surface area contributed by atoms with Gasteiger partial charge in [0.15, 0.2) is 0 Å². The third-order valence-electron chi connectivity index (χ3n) is 5.64. The van der Waals surface area contributed by atoms with Gasteiger partial charge in [0.2, 0.25) is 5.91 Å². The van der Waals surface area contributed by atoms with Crippen LogP contribution in [0, 0.1) is 12.8 Å². The molecule has 0 N–H and O–H groups in total. The molecule has 2 aromatic rings. The predicted octanol–water partition coefficient (Wildman–Crippen LogP) is 3.07. The quantitative estimate of drug-likeness (QED) is 0.841. The molecular weight excluding hydrogens is 312 g/mol. The van der Waals surface area contributed by atoms with Gasteiger partial charge in [-0.1, -0.05) is 0 Å². The summed E-state index contributed by atoms with van der Waals surface area (Å²) in [4.78, 5) is 19.0. The van der Waals surface area contributed by atoms with E-state index in [1.165, 1.54) is 41.3 Å². The molecule has 1 aliphatic heterocycles. The molecule has 4 nitrogen and oxygen atoms in total. The van der Waals surface area contributed by atoms with E-state index in [0.717, 1.165) is 24.2 Å². The van der Waals surface area contributed by atoms with E-state index in [2.05, 4.69) is 25.1 Å². The molecule has 0 unspecified atom stereocenters. The molecule has 1 aliphatic carbocycles. The fourth-order valence-corrected chi connectivity index (χ4v) is 4.34. The smallest absolute Gasteiger partial charge is 0.223 e. The van der Waals surface area contributed by atoms with Gasteiger partial charge in [-0.2, -0.15) is 0 Å². The molecule has 2 aliphatic rings. The summed E-state index contributed by atoms with van der Waals surface area (Å²) in [5.41, 5.74) is 6.51.